The van der Waals surface area contributed by atoms with Crippen LogP contribution in [0, 0.1) is 0 Å². The highest BCUT2D eigenvalue weighted by atomic mass is 32.1. The summed E-state index contributed by atoms with van der Waals surface area (Å²) in [6.45, 7) is 0. The Balaban J connectivity index is 2.39. The Labute approximate surface area is 75.9 Å². The van der Waals surface area contributed by atoms with Crippen LogP contribution in [0.25, 0.3) is 10.8 Å². The molecule has 2 heterocycles. The molecule has 0 aliphatic carbocycles. The molecule has 0 bridgehead atoms. The molecule has 1 N–H and O–H groups in total. The quantitative estimate of drug-likeness (QED) is 0.768. The van der Waals surface area contributed by atoms with Gasteiger partial charge in [-0.3, -0.25) is 4.98 Å². The number of nitrogens with zero attached hydrogens (tertiary/aromatic N) is 3. The largest absolute Gasteiger partial charge is 0.474 e. The van der Waals surface area contributed by atoms with E-state index >= 15 is 0 Å². The minimum absolute atomic E-state index is 0.180. The fourth-order valence-corrected chi connectivity index (χ4v) is 1.27. The number of carbonyl (C=O) groups is 1. The van der Waals surface area contributed by atoms with Gasteiger partial charge < -0.3 is 9.52 Å². The highest BCUT2D eigenvalue weighted by molar-refractivity contribution is 7.13. The number of carboxylic acid groups (broad SMARTS) is 1. The molecular formula is C6H3N3O3S. The summed E-state index contributed by atoms with van der Waals surface area (Å²) in [5, 5.41) is 15.4. The first-order chi connectivity index (χ1) is 6.27. The predicted octanol–water partition coefficient (Wildman–Crippen LogP) is 0.891. The van der Waals surface area contributed by atoms with Gasteiger partial charge >= 0.3 is 11.9 Å². The van der Waals surface area contributed by atoms with Crippen LogP contribution in [0.3, 0.4) is 0 Å². The van der Waals surface area contributed by atoms with E-state index in [9.17, 15) is 4.79 Å². The van der Waals surface area contributed by atoms with Gasteiger partial charge in [0, 0.05) is 0 Å². The van der Waals surface area contributed by atoms with E-state index in [-0.39, 0.29) is 5.89 Å². The topological polar surface area (TPSA) is 89.1 Å². The van der Waals surface area contributed by atoms with E-state index in [0.717, 1.165) is 0 Å². The molecule has 0 saturated carbocycles. The lowest BCUT2D eigenvalue weighted by Gasteiger charge is -1.82. The molecule has 2 aromatic rings. The molecule has 2 rings (SSSR count). The zero-order valence-electron chi connectivity index (χ0n) is 6.17. The molecule has 0 fully saturated rings. The Hall–Kier alpha value is -1.76. The summed E-state index contributed by atoms with van der Waals surface area (Å²) >= 11 is 1.30. The highest BCUT2D eigenvalue weighted by Crippen LogP contribution is 2.20. The lowest BCUT2D eigenvalue weighted by Crippen LogP contribution is -1.95. The van der Waals surface area contributed by atoms with Gasteiger partial charge in [-0.1, -0.05) is 0 Å². The first-order valence-corrected chi connectivity index (χ1v) is 4.11. The van der Waals surface area contributed by atoms with Crippen molar-refractivity contribution in [3.63, 3.8) is 0 Å². The van der Waals surface area contributed by atoms with Crippen molar-refractivity contribution in [2.45, 2.75) is 0 Å². The van der Waals surface area contributed by atoms with Gasteiger partial charge in [0.2, 0.25) is 0 Å². The molecule has 0 radical (unpaired) electrons. The first kappa shape index (κ1) is 7.87. The molecule has 0 spiro atoms. The lowest BCUT2D eigenvalue weighted by atomic mass is 10.6. The number of thiazole rings is 1. The van der Waals surface area contributed by atoms with E-state index in [0.29, 0.717) is 4.88 Å². The van der Waals surface area contributed by atoms with Crippen LogP contribution in [0.4, 0.5) is 0 Å². The van der Waals surface area contributed by atoms with E-state index in [4.69, 9.17) is 9.52 Å². The Morgan fingerprint density at radius 2 is 2.38 bits per heavy atom. The molecule has 6 nitrogen and oxygen atoms in total. The fraction of sp³-hybridized carbons (Fsp3) is 0. The molecule has 0 aliphatic heterocycles. The van der Waals surface area contributed by atoms with Crippen molar-refractivity contribution in [2.24, 2.45) is 0 Å². The van der Waals surface area contributed by atoms with Crippen molar-refractivity contribution in [1.82, 2.24) is 15.2 Å². The number of carboxylic acids is 1. The maximum Gasteiger partial charge on any atom is 0.393 e. The molecule has 66 valence electrons. The molecule has 2 aromatic heterocycles. The summed E-state index contributed by atoms with van der Waals surface area (Å²) in [6, 6.07) is 0. The normalized spacial score (nSPS) is 10.2. The Morgan fingerprint density at radius 1 is 1.54 bits per heavy atom. The summed E-state index contributed by atoms with van der Waals surface area (Å²) < 4.78 is 4.84. The average Bonchev–Trinajstić information content (AvgIpc) is 2.75. The molecule has 0 aromatic carbocycles. The van der Waals surface area contributed by atoms with Crippen LogP contribution in [0.15, 0.2) is 16.1 Å². The number of rotatable bonds is 2. The molecular weight excluding hydrogens is 194 g/mol. The van der Waals surface area contributed by atoms with Crippen LogP contribution in [-0.4, -0.2) is 26.3 Å². The van der Waals surface area contributed by atoms with E-state index in [2.05, 4.69) is 15.2 Å². The molecule has 0 aliphatic rings. The van der Waals surface area contributed by atoms with Crippen LogP contribution in [-0.2, 0) is 0 Å². The van der Waals surface area contributed by atoms with Crippen molar-refractivity contribution in [1.29, 1.82) is 0 Å². The minimum atomic E-state index is -1.23. The van der Waals surface area contributed by atoms with E-state index in [1.807, 2.05) is 0 Å². The Kier molecular flexibility index (Phi) is 1.78. The monoisotopic (exact) mass is 197 g/mol. The van der Waals surface area contributed by atoms with Crippen LogP contribution >= 0.6 is 11.3 Å². The third-order valence-electron chi connectivity index (χ3n) is 1.25. The third-order valence-corrected chi connectivity index (χ3v) is 2.01. The van der Waals surface area contributed by atoms with Crippen LogP contribution in [0.2, 0.25) is 0 Å². The SMILES string of the molecule is O=C(O)c1nnc(-c2cncs2)o1. The third kappa shape index (κ3) is 1.41. The summed E-state index contributed by atoms with van der Waals surface area (Å²) in [5.74, 6) is -1.47. The summed E-state index contributed by atoms with van der Waals surface area (Å²) in [7, 11) is 0. The highest BCUT2D eigenvalue weighted by Gasteiger charge is 2.14. The van der Waals surface area contributed by atoms with Crippen LogP contribution in [0.5, 0.6) is 0 Å². The molecule has 0 saturated heterocycles. The maximum atomic E-state index is 10.4. The zero-order chi connectivity index (χ0) is 9.26. The standard InChI is InChI=1S/C6H3N3O3S/c10-6(11)5-9-8-4(12-5)3-1-7-2-13-3/h1-2H,(H,10,11). The Morgan fingerprint density at radius 3 is 2.92 bits per heavy atom. The number of hydrogen-bond acceptors (Lipinski definition) is 6. The predicted molar refractivity (Wildman–Crippen MR) is 42.4 cm³/mol. The lowest BCUT2D eigenvalue weighted by molar-refractivity contribution is 0.0654. The Bertz CT molecular complexity index is 422. The molecule has 0 unspecified atom stereocenters. The number of hydrogen-bond donors (Lipinski definition) is 1. The van der Waals surface area contributed by atoms with Crippen molar-refractivity contribution in [3.05, 3.63) is 17.6 Å². The second-order valence-electron chi connectivity index (χ2n) is 2.08. The van der Waals surface area contributed by atoms with Crippen molar-refractivity contribution >= 4 is 17.3 Å². The molecule has 13 heavy (non-hydrogen) atoms. The van der Waals surface area contributed by atoms with E-state index in [1.165, 1.54) is 17.5 Å². The van der Waals surface area contributed by atoms with Gasteiger partial charge in [-0.2, -0.15) is 0 Å². The second-order valence-corrected chi connectivity index (χ2v) is 2.97. The molecule has 0 atom stereocenters. The number of aromatic carboxylic acids is 1. The van der Waals surface area contributed by atoms with Gasteiger partial charge in [-0.15, -0.1) is 21.5 Å². The van der Waals surface area contributed by atoms with Gasteiger partial charge in [0.25, 0.3) is 5.89 Å². The van der Waals surface area contributed by atoms with Crippen molar-refractivity contribution in [3.8, 4) is 10.8 Å². The van der Waals surface area contributed by atoms with Gasteiger partial charge in [0.05, 0.1) is 11.7 Å². The maximum absolute atomic E-state index is 10.4. The van der Waals surface area contributed by atoms with Gasteiger partial charge in [-0.05, 0) is 0 Å². The van der Waals surface area contributed by atoms with Crippen LogP contribution in [0.1, 0.15) is 10.7 Å². The van der Waals surface area contributed by atoms with Gasteiger partial charge in [0.1, 0.15) is 4.88 Å². The van der Waals surface area contributed by atoms with E-state index < -0.39 is 11.9 Å². The van der Waals surface area contributed by atoms with Crippen molar-refractivity contribution in [2.75, 3.05) is 0 Å². The second kappa shape index (κ2) is 2.94. The van der Waals surface area contributed by atoms with Gasteiger partial charge in [0.15, 0.2) is 0 Å². The molecule has 0 amide bonds. The zero-order valence-corrected chi connectivity index (χ0v) is 6.98. The van der Waals surface area contributed by atoms with Crippen molar-refractivity contribution < 1.29 is 14.3 Å². The summed E-state index contributed by atoms with van der Waals surface area (Å²) in [6.07, 6.45) is 1.53. The summed E-state index contributed by atoms with van der Waals surface area (Å²) in [5.41, 5.74) is 1.60. The average molecular weight is 197 g/mol. The van der Waals surface area contributed by atoms with Crippen LogP contribution < -0.4 is 0 Å². The molecule has 7 heteroatoms. The fourth-order valence-electron chi connectivity index (χ4n) is 0.731. The van der Waals surface area contributed by atoms with E-state index in [1.54, 1.807) is 5.51 Å². The minimum Gasteiger partial charge on any atom is -0.474 e. The summed E-state index contributed by atoms with van der Waals surface area (Å²) in [4.78, 5) is 14.8. The number of aromatic nitrogens is 3. The van der Waals surface area contributed by atoms with Gasteiger partial charge in [-0.25, -0.2) is 4.79 Å². The first-order valence-electron chi connectivity index (χ1n) is 3.23. The smallest absolute Gasteiger partial charge is 0.393 e.